The first-order valence-electron chi connectivity index (χ1n) is 7.75. The summed E-state index contributed by atoms with van der Waals surface area (Å²) < 4.78 is 4.78. The van der Waals surface area contributed by atoms with Gasteiger partial charge in [-0.25, -0.2) is 4.79 Å². The van der Waals surface area contributed by atoms with Gasteiger partial charge in [0.05, 0.1) is 13.7 Å². The van der Waals surface area contributed by atoms with E-state index in [2.05, 4.69) is 15.5 Å². The van der Waals surface area contributed by atoms with Crippen molar-refractivity contribution in [2.24, 2.45) is 11.8 Å². The van der Waals surface area contributed by atoms with Gasteiger partial charge in [-0.3, -0.25) is 9.69 Å². The number of amides is 1. The van der Waals surface area contributed by atoms with Crippen LogP contribution in [0, 0.1) is 11.8 Å². The van der Waals surface area contributed by atoms with Gasteiger partial charge in [-0.1, -0.05) is 20.3 Å². The van der Waals surface area contributed by atoms with Crippen LogP contribution in [0.15, 0.2) is 0 Å². The van der Waals surface area contributed by atoms with Crippen LogP contribution < -0.4 is 10.6 Å². The van der Waals surface area contributed by atoms with E-state index in [9.17, 15) is 9.59 Å². The largest absolute Gasteiger partial charge is 0.467 e. The van der Waals surface area contributed by atoms with E-state index < -0.39 is 6.04 Å². The van der Waals surface area contributed by atoms with E-state index in [-0.39, 0.29) is 17.8 Å². The molecule has 3 atom stereocenters. The number of esters is 1. The molecule has 1 rings (SSSR count). The molecule has 0 saturated carbocycles. The van der Waals surface area contributed by atoms with Gasteiger partial charge in [-0.05, 0) is 38.4 Å². The lowest BCUT2D eigenvalue weighted by molar-refractivity contribution is -0.146. The van der Waals surface area contributed by atoms with Gasteiger partial charge in [0.25, 0.3) is 0 Å². The minimum atomic E-state index is -0.553. The molecule has 0 spiro atoms. The van der Waals surface area contributed by atoms with Gasteiger partial charge >= 0.3 is 5.97 Å². The quantitative estimate of drug-likeness (QED) is 0.628. The van der Waals surface area contributed by atoms with E-state index in [1.807, 2.05) is 20.9 Å². The molecule has 0 aliphatic carbocycles. The van der Waals surface area contributed by atoms with Crippen molar-refractivity contribution < 1.29 is 14.3 Å². The second-order valence-corrected chi connectivity index (χ2v) is 5.90. The molecule has 3 unspecified atom stereocenters. The molecule has 1 heterocycles. The summed E-state index contributed by atoms with van der Waals surface area (Å²) in [6.45, 7) is 7.14. The minimum Gasteiger partial charge on any atom is -0.467 e. The van der Waals surface area contributed by atoms with E-state index in [1.165, 1.54) is 7.11 Å². The Morgan fingerprint density at radius 1 is 1.43 bits per heavy atom. The Bertz CT molecular complexity index is 349. The Hall–Kier alpha value is -1.14. The van der Waals surface area contributed by atoms with Crippen molar-refractivity contribution in [3.8, 4) is 0 Å². The molecule has 1 fully saturated rings. The molecule has 2 N–H and O–H groups in total. The van der Waals surface area contributed by atoms with E-state index in [0.29, 0.717) is 12.5 Å². The molecule has 6 heteroatoms. The average molecular weight is 299 g/mol. The molecule has 0 radical (unpaired) electrons. The van der Waals surface area contributed by atoms with Gasteiger partial charge in [0.2, 0.25) is 5.91 Å². The topological polar surface area (TPSA) is 70.7 Å². The summed E-state index contributed by atoms with van der Waals surface area (Å²) in [5.74, 6) is 0.203. The van der Waals surface area contributed by atoms with Gasteiger partial charge < -0.3 is 15.4 Å². The van der Waals surface area contributed by atoms with E-state index in [0.717, 1.165) is 32.5 Å². The molecule has 1 aliphatic heterocycles. The molecule has 0 aromatic carbocycles. The zero-order valence-corrected chi connectivity index (χ0v) is 13.6. The fourth-order valence-corrected chi connectivity index (χ4v) is 2.73. The average Bonchev–Trinajstić information content (AvgIpc) is 2.90. The molecule has 0 aromatic rings. The van der Waals surface area contributed by atoms with Crippen LogP contribution in [0.5, 0.6) is 0 Å². The molecule has 0 bridgehead atoms. The van der Waals surface area contributed by atoms with Crippen LogP contribution in [0.25, 0.3) is 0 Å². The normalized spacial score (nSPS) is 21.8. The van der Waals surface area contributed by atoms with Crippen LogP contribution in [0.1, 0.15) is 26.7 Å². The highest BCUT2D eigenvalue weighted by molar-refractivity contribution is 5.85. The van der Waals surface area contributed by atoms with Crippen LogP contribution in [0.2, 0.25) is 0 Å². The number of ether oxygens (including phenoxy) is 1. The minimum absolute atomic E-state index is 0.0667. The third-order valence-electron chi connectivity index (χ3n) is 4.21. The fourth-order valence-electron chi connectivity index (χ4n) is 2.73. The van der Waals surface area contributed by atoms with Gasteiger partial charge in [-0.15, -0.1) is 0 Å². The van der Waals surface area contributed by atoms with Crippen molar-refractivity contribution in [1.82, 2.24) is 15.5 Å². The van der Waals surface area contributed by atoms with Crippen LogP contribution in [0.3, 0.4) is 0 Å². The Kier molecular flexibility index (Phi) is 7.67. The molecule has 21 heavy (non-hydrogen) atoms. The molecular formula is C15H29N3O3. The molecular weight excluding hydrogens is 270 g/mol. The molecule has 1 amide bonds. The summed E-state index contributed by atoms with van der Waals surface area (Å²) in [4.78, 5) is 26.0. The first kappa shape index (κ1) is 17.9. The van der Waals surface area contributed by atoms with Crippen molar-refractivity contribution in [3.63, 3.8) is 0 Å². The van der Waals surface area contributed by atoms with Crippen molar-refractivity contribution in [1.29, 1.82) is 0 Å². The molecule has 1 saturated heterocycles. The lowest BCUT2D eigenvalue weighted by Crippen LogP contribution is -2.48. The van der Waals surface area contributed by atoms with Gasteiger partial charge in [0.1, 0.15) is 6.04 Å². The third-order valence-corrected chi connectivity index (χ3v) is 4.21. The number of nitrogens with one attached hydrogen (secondary N) is 2. The molecule has 1 aliphatic rings. The van der Waals surface area contributed by atoms with Crippen molar-refractivity contribution in [3.05, 3.63) is 0 Å². The van der Waals surface area contributed by atoms with Crippen molar-refractivity contribution in [2.45, 2.75) is 32.7 Å². The van der Waals surface area contributed by atoms with Crippen LogP contribution in [-0.4, -0.2) is 63.2 Å². The fraction of sp³-hybridized carbons (Fsp3) is 0.867. The van der Waals surface area contributed by atoms with Crippen LogP contribution in [-0.2, 0) is 14.3 Å². The molecule has 0 aromatic heterocycles. The predicted molar refractivity (Wildman–Crippen MR) is 81.9 cm³/mol. The number of rotatable bonds is 8. The highest BCUT2D eigenvalue weighted by atomic mass is 16.5. The smallest absolute Gasteiger partial charge is 0.328 e. The Labute approximate surface area is 127 Å². The van der Waals surface area contributed by atoms with Gasteiger partial charge in [0.15, 0.2) is 0 Å². The van der Waals surface area contributed by atoms with Gasteiger partial charge in [0, 0.05) is 6.54 Å². The number of hydrogen-bond donors (Lipinski definition) is 2. The SMILES string of the molecule is CCC(C)C(NC(=O)CN1CCC(CNC)C1)C(=O)OC. The second kappa shape index (κ2) is 9.00. The summed E-state index contributed by atoms with van der Waals surface area (Å²) in [6, 6.07) is -0.553. The Morgan fingerprint density at radius 2 is 2.14 bits per heavy atom. The number of methoxy groups -OCH3 is 1. The maximum atomic E-state index is 12.1. The molecule has 6 nitrogen and oxygen atoms in total. The summed E-state index contributed by atoms with van der Waals surface area (Å²) in [6.07, 6.45) is 1.92. The Balaban J connectivity index is 2.45. The van der Waals surface area contributed by atoms with E-state index in [1.54, 1.807) is 0 Å². The van der Waals surface area contributed by atoms with Crippen LogP contribution >= 0.6 is 0 Å². The lowest BCUT2D eigenvalue weighted by Gasteiger charge is -2.23. The van der Waals surface area contributed by atoms with E-state index in [4.69, 9.17) is 4.74 Å². The summed E-state index contributed by atoms with van der Waals surface area (Å²) in [5, 5.41) is 5.99. The highest BCUT2D eigenvalue weighted by Crippen LogP contribution is 2.15. The van der Waals surface area contributed by atoms with E-state index >= 15 is 0 Å². The monoisotopic (exact) mass is 299 g/mol. The lowest BCUT2D eigenvalue weighted by atomic mass is 9.99. The number of hydrogen-bond acceptors (Lipinski definition) is 5. The number of nitrogens with zero attached hydrogens (tertiary/aromatic N) is 1. The predicted octanol–water partition coefficient (Wildman–Crippen LogP) is 0.232. The summed E-state index contributed by atoms with van der Waals surface area (Å²) in [5.41, 5.74) is 0. The molecule has 122 valence electrons. The number of likely N-dealkylation sites (tertiary alicyclic amines) is 1. The summed E-state index contributed by atoms with van der Waals surface area (Å²) >= 11 is 0. The first-order chi connectivity index (χ1) is 10.0. The first-order valence-corrected chi connectivity index (χ1v) is 7.75. The maximum absolute atomic E-state index is 12.1. The standard InChI is InChI=1S/C15H29N3O3/c1-5-11(2)14(15(20)21-4)17-13(19)10-18-7-6-12(9-18)8-16-3/h11-12,14,16H,5-10H2,1-4H3,(H,17,19). The zero-order valence-electron chi connectivity index (χ0n) is 13.6. The number of carbonyl (C=O) groups excluding carboxylic acids is 2. The van der Waals surface area contributed by atoms with Crippen molar-refractivity contribution >= 4 is 11.9 Å². The third kappa shape index (κ3) is 5.63. The maximum Gasteiger partial charge on any atom is 0.328 e. The zero-order chi connectivity index (χ0) is 15.8. The van der Waals surface area contributed by atoms with Crippen LogP contribution in [0.4, 0.5) is 0 Å². The van der Waals surface area contributed by atoms with Gasteiger partial charge in [-0.2, -0.15) is 0 Å². The highest BCUT2D eigenvalue weighted by Gasteiger charge is 2.28. The summed E-state index contributed by atoms with van der Waals surface area (Å²) in [7, 11) is 3.30. The van der Waals surface area contributed by atoms with Crippen molar-refractivity contribution in [2.75, 3.05) is 40.3 Å². The Morgan fingerprint density at radius 3 is 2.71 bits per heavy atom. The second-order valence-electron chi connectivity index (χ2n) is 5.90. The number of carbonyl (C=O) groups is 2.